The van der Waals surface area contributed by atoms with Crippen LogP contribution in [0.2, 0.25) is 0 Å². The van der Waals surface area contributed by atoms with E-state index in [1.807, 2.05) is 24.3 Å². The Morgan fingerprint density at radius 3 is 2.72 bits per heavy atom. The fourth-order valence-corrected chi connectivity index (χ4v) is 1.53. The van der Waals surface area contributed by atoms with Gasteiger partial charge in [0.05, 0.1) is 6.61 Å². The van der Waals surface area contributed by atoms with Gasteiger partial charge in [-0.15, -0.1) is 0 Å². The van der Waals surface area contributed by atoms with Gasteiger partial charge < -0.3 is 4.74 Å². The van der Waals surface area contributed by atoms with Gasteiger partial charge in [-0.2, -0.15) is 0 Å². The molecule has 18 heavy (non-hydrogen) atoms. The molecule has 1 N–H and O–H groups in total. The van der Waals surface area contributed by atoms with Gasteiger partial charge >= 0.3 is 6.09 Å². The minimum absolute atomic E-state index is 0.182. The molecule has 1 heterocycles. The maximum Gasteiger partial charge on any atom is 0.414 e. The second-order valence-electron chi connectivity index (χ2n) is 3.59. The number of fused-ring (bicyclic) bond motifs is 1. The minimum Gasteiger partial charge on any atom is -0.450 e. The molecule has 0 unspecified atom stereocenters. The standard InChI is InChI=1S/C13H12N2O3/c1-2-18-13(17)15-12(16)11-7-9-5-3-4-6-10(9)8-14-11/h3-8H,2H2,1H3,(H,15,16,17). The summed E-state index contributed by atoms with van der Waals surface area (Å²) in [6.45, 7) is 1.88. The smallest absolute Gasteiger partial charge is 0.414 e. The predicted octanol–water partition coefficient (Wildman–Crippen LogP) is 2.12. The third kappa shape index (κ3) is 2.63. The molecular formula is C13H12N2O3. The number of amides is 2. The van der Waals surface area contributed by atoms with E-state index in [2.05, 4.69) is 15.0 Å². The van der Waals surface area contributed by atoms with E-state index in [9.17, 15) is 9.59 Å². The first kappa shape index (κ1) is 12.0. The molecule has 0 spiro atoms. The number of imide groups is 1. The lowest BCUT2D eigenvalue weighted by Crippen LogP contribution is -2.31. The van der Waals surface area contributed by atoms with Crippen LogP contribution >= 0.6 is 0 Å². The van der Waals surface area contributed by atoms with Crippen molar-refractivity contribution in [3.63, 3.8) is 0 Å². The molecule has 92 valence electrons. The average molecular weight is 244 g/mol. The van der Waals surface area contributed by atoms with Gasteiger partial charge in [-0.25, -0.2) is 4.79 Å². The molecule has 0 aliphatic heterocycles. The lowest BCUT2D eigenvalue weighted by molar-refractivity contribution is 0.0920. The predicted molar refractivity (Wildman–Crippen MR) is 66.2 cm³/mol. The first-order chi connectivity index (χ1) is 8.70. The monoisotopic (exact) mass is 244 g/mol. The van der Waals surface area contributed by atoms with Crippen LogP contribution in [0.1, 0.15) is 17.4 Å². The lowest BCUT2D eigenvalue weighted by atomic mass is 10.1. The van der Waals surface area contributed by atoms with Crippen LogP contribution in [0.25, 0.3) is 10.8 Å². The number of carbonyl (C=O) groups is 2. The van der Waals surface area contributed by atoms with E-state index in [-0.39, 0.29) is 12.3 Å². The maximum absolute atomic E-state index is 11.7. The van der Waals surface area contributed by atoms with E-state index in [0.29, 0.717) is 0 Å². The normalized spacial score (nSPS) is 10.1. The summed E-state index contributed by atoms with van der Waals surface area (Å²) >= 11 is 0. The van der Waals surface area contributed by atoms with Crippen molar-refractivity contribution in [2.45, 2.75) is 6.92 Å². The van der Waals surface area contributed by atoms with Crippen LogP contribution in [-0.2, 0) is 4.74 Å². The van der Waals surface area contributed by atoms with Crippen LogP contribution in [-0.4, -0.2) is 23.6 Å². The maximum atomic E-state index is 11.7. The van der Waals surface area contributed by atoms with Crippen molar-refractivity contribution >= 4 is 22.8 Å². The van der Waals surface area contributed by atoms with Gasteiger partial charge in [0.15, 0.2) is 0 Å². The molecule has 2 rings (SSSR count). The number of alkyl carbamates (subject to hydrolysis) is 1. The Bertz CT molecular complexity index is 596. The highest BCUT2D eigenvalue weighted by Gasteiger charge is 2.12. The third-order valence-corrected chi connectivity index (χ3v) is 2.35. The second-order valence-corrected chi connectivity index (χ2v) is 3.59. The molecule has 0 bridgehead atoms. The summed E-state index contributed by atoms with van der Waals surface area (Å²) < 4.78 is 4.62. The Hall–Kier alpha value is -2.43. The molecule has 0 radical (unpaired) electrons. The van der Waals surface area contributed by atoms with E-state index in [1.54, 1.807) is 19.2 Å². The molecule has 1 aromatic heterocycles. The first-order valence-corrected chi connectivity index (χ1v) is 5.53. The zero-order valence-corrected chi connectivity index (χ0v) is 9.84. The number of pyridine rings is 1. The lowest BCUT2D eigenvalue weighted by Gasteiger charge is -2.04. The number of nitrogens with zero attached hydrogens (tertiary/aromatic N) is 1. The SMILES string of the molecule is CCOC(=O)NC(=O)c1cc2ccccc2cn1. The van der Waals surface area contributed by atoms with E-state index >= 15 is 0 Å². The summed E-state index contributed by atoms with van der Waals surface area (Å²) in [4.78, 5) is 26.8. The van der Waals surface area contributed by atoms with Crippen LogP contribution in [0, 0.1) is 0 Å². The van der Waals surface area contributed by atoms with E-state index < -0.39 is 12.0 Å². The number of hydrogen-bond acceptors (Lipinski definition) is 4. The van der Waals surface area contributed by atoms with Crippen molar-refractivity contribution in [3.05, 3.63) is 42.2 Å². The Morgan fingerprint density at radius 1 is 1.28 bits per heavy atom. The van der Waals surface area contributed by atoms with Crippen LogP contribution < -0.4 is 5.32 Å². The first-order valence-electron chi connectivity index (χ1n) is 5.53. The van der Waals surface area contributed by atoms with Crippen LogP contribution in [0.4, 0.5) is 4.79 Å². The fourth-order valence-electron chi connectivity index (χ4n) is 1.53. The Morgan fingerprint density at radius 2 is 2.00 bits per heavy atom. The largest absolute Gasteiger partial charge is 0.450 e. The van der Waals surface area contributed by atoms with Gasteiger partial charge in [0, 0.05) is 11.6 Å². The highest BCUT2D eigenvalue weighted by molar-refractivity contribution is 6.03. The van der Waals surface area contributed by atoms with Crippen LogP contribution in [0.15, 0.2) is 36.5 Å². The number of rotatable bonds is 2. The topological polar surface area (TPSA) is 68.3 Å². The highest BCUT2D eigenvalue weighted by atomic mass is 16.5. The summed E-state index contributed by atoms with van der Waals surface area (Å²) in [5, 5.41) is 3.92. The van der Waals surface area contributed by atoms with Gasteiger partial charge in [0.1, 0.15) is 5.69 Å². The molecule has 0 aliphatic carbocycles. The molecular weight excluding hydrogens is 232 g/mol. The summed E-state index contributed by atoms with van der Waals surface area (Å²) in [5.74, 6) is -0.570. The molecule has 0 fully saturated rings. The van der Waals surface area contributed by atoms with Crippen LogP contribution in [0.3, 0.4) is 0 Å². The van der Waals surface area contributed by atoms with Gasteiger partial charge in [-0.3, -0.25) is 15.1 Å². The number of carbonyl (C=O) groups excluding carboxylic acids is 2. The van der Waals surface area contributed by atoms with Crippen LogP contribution in [0.5, 0.6) is 0 Å². The Balaban J connectivity index is 2.20. The van der Waals surface area contributed by atoms with E-state index in [0.717, 1.165) is 10.8 Å². The zero-order valence-electron chi connectivity index (χ0n) is 9.84. The van der Waals surface area contributed by atoms with Gasteiger partial charge in [-0.05, 0) is 18.4 Å². The van der Waals surface area contributed by atoms with Gasteiger partial charge in [0.2, 0.25) is 0 Å². The fraction of sp³-hybridized carbons (Fsp3) is 0.154. The second kappa shape index (κ2) is 5.27. The van der Waals surface area contributed by atoms with E-state index in [1.165, 1.54) is 0 Å². The summed E-state index contributed by atoms with van der Waals surface area (Å²) in [5.41, 5.74) is 0.182. The Kier molecular flexibility index (Phi) is 3.52. The highest BCUT2D eigenvalue weighted by Crippen LogP contribution is 2.13. The van der Waals surface area contributed by atoms with Crippen molar-refractivity contribution in [3.8, 4) is 0 Å². The molecule has 0 saturated carbocycles. The van der Waals surface area contributed by atoms with Crippen molar-refractivity contribution in [2.24, 2.45) is 0 Å². The summed E-state index contributed by atoms with van der Waals surface area (Å²) in [6, 6.07) is 9.16. The summed E-state index contributed by atoms with van der Waals surface area (Å²) in [6.07, 6.45) is 0.826. The number of aromatic nitrogens is 1. The summed E-state index contributed by atoms with van der Waals surface area (Å²) in [7, 11) is 0. The van der Waals surface area contributed by atoms with Crippen molar-refractivity contribution in [1.82, 2.24) is 10.3 Å². The number of hydrogen-bond donors (Lipinski definition) is 1. The van der Waals surface area contributed by atoms with Gasteiger partial charge in [0.25, 0.3) is 5.91 Å². The molecule has 2 amide bonds. The van der Waals surface area contributed by atoms with E-state index in [4.69, 9.17) is 0 Å². The third-order valence-electron chi connectivity index (χ3n) is 2.35. The molecule has 5 nitrogen and oxygen atoms in total. The Labute approximate surface area is 104 Å². The van der Waals surface area contributed by atoms with Crippen molar-refractivity contribution < 1.29 is 14.3 Å². The molecule has 5 heteroatoms. The molecule has 0 aliphatic rings. The molecule has 0 saturated heterocycles. The zero-order chi connectivity index (χ0) is 13.0. The van der Waals surface area contributed by atoms with Gasteiger partial charge in [-0.1, -0.05) is 24.3 Å². The number of nitrogens with one attached hydrogen (secondary N) is 1. The van der Waals surface area contributed by atoms with Crippen molar-refractivity contribution in [2.75, 3.05) is 6.61 Å². The molecule has 2 aromatic rings. The minimum atomic E-state index is -0.766. The average Bonchev–Trinajstić information content (AvgIpc) is 2.38. The molecule has 0 atom stereocenters. The quantitative estimate of drug-likeness (QED) is 0.878. The molecule has 1 aromatic carbocycles. The number of benzene rings is 1. The van der Waals surface area contributed by atoms with Crippen molar-refractivity contribution in [1.29, 1.82) is 0 Å². The number of ether oxygens (including phenoxy) is 1.